The second-order valence-corrected chi connectivity index (χ2v) is 8.82. The van der Waals surface area contributed by atoms with Crippen LogP contribution in [0.2, 0.25) is 5.02 Å². The number of hydrogen-bond donors (Lipinski definition) is 2. The average molecular weight is 458 g/mol. The molecule has 0 fully saturated rings. The van der Waals surface area contributed by atoms with Gasteiger partial charge >= 0.3 is 6.09 Å². The predicted octanol–water partition coefficient (Wildman–Crippen LogP) is 5.03. The molecule has 0 saturated heterocycles. The van der Waals surface area contributed by atoms with Crippen LogP contribution in [-0.4, -0.2) is 30.1 Å². The Balaban J connectivity index is 1.39. The van der Waals surface area contributed by atoms with Crippen LogP contribution in [0.3, 0.4) is 0 Å². The topological polar surface area (TPSA) is 83.8 Å². The molecule has 31 heavy (non-hydrogen) atoms. The van der Waals surface area contributed by atoms with E-state index in [0.717, 1.165) is 21.0 Å². The number of amides is 2. The van der Waals surface area contributed by atoms with Crippen molar-refractivity contribution >= 4 is 39.9 Å². The van der Waals surface area contributed by atoms with E-state index in [4.69, 9.17) is 20.8 Å². The molecule has 2 aliphatic rings. The van der Waals surface area contributed by atoms with Gasteiger partial charge in [0.05, 0.1) is 23.7 Å². The number of carbonyl (C=O) groups is 2. The molecule has 2 aliphatic heterocycles. The lowest BCUT2D eigenvalue weighted by Gasteiger charge is -2.27. The number of thiophene rings is 1. The van der Waals surface area contributed by atoms with Gasteiger partial charge in [-0.25, -0.2) is 4.79 Å². The highest BCUT2D eigenvalue weighted by Gasteiger charge is 2.35. The van der Waals surface area contributed by atoms with E-state index in [1.165, 1.54) is 11.3 Å². The molecule has 160 valence electrons. The number of nitrogens with zero attached hydrogens (tertiary/aromatic N) is 1. The number of rotatable bonds is 3. The summed E-state index contributed by atoms with van der Waals surface area (Å²) >= 11 is 7.78. The van der Waals surface area contributed by atoms with E-state index in [9.17, 15) is 9.59 Å². The highest BCUT2D eigenvalue weighted by molar-refractivity contribution is 7.16. The summed E-state index contributed by atoms with van der Waals surface area (Å²) in [6.45, 7) is 3.11. The van der Waals surface area contributed by atoms with Gasteiger partial charge in [0.15, 0.2) is 6.17 Å². The zero-order chi connectivity index (χ0) is 21.5. The molecule has 5 rings (SSSR count). The number of fused-ring (bicyclic) bond motifs is 3. The van der Waals surface area contributed by atoms with Crippen molar-refractivity contribution in [1.82, 2.24) is 10.2 Å². The zero-order valence-corrected chi connectivity index (χ0v) is 18.3. The zero-order valence-electron chi connectivity index (χ0n) is 16.7. The first-order valence-electron chi connectivity index (χ1n) is 10.0. The van der Waals surface area contributed by atoms with Gasteiger partial charge in [-0.3, -0.25) is 4.79 Å². The van der Waals surface area contributed by atoms with Crippen molar-refractivity contribution < 1.29 is 18.7 Å². The Bertz CT molecular complexity index is 1170. The summed E-state index contributed by atoms with van der Waals surface area (Å²) in [7, 11) is 0. The Labute approximate surface area is 187 Å². The van der Waals surface area contributed by atoms with Crippen molar-refractivity contribution in [3.63, 3.8) is 0 Å². The summed E-state index contributed by atoms with van der Waals surface area (Å²) in [4.78, 5) is 27.7. The number of benzene rings is 1. The van der Waals surface area contributed by atoms with Crippen molar-refractivity contribution in [2.24, 2.45) is 0 Å². The van der Waals surface area contributed by atoms with E-state index in [1.54, 1.807) is 11.8 Å². The maximum atomic E-state index is 12.9. The van der Waals surface area contributed by atoms with Gasteiger partial charge in [-0.05, 0) is 43.2 Å². The van der Waals surface area contributed by atoms with E-state index in [1.807, 2.05) is 36.4 Å². The standard InChI is InChI=1S/C22H20ClN3O4S/c1-2-29-22(28)26-10-9-13-17(11-26)31-21-18(13)20(27)24-19(25-21)16-8-7-15(30-16)12-5-3-4-6-14(12)23/h3-8,19,25H,2,9-11H2,1H3,(H,24,27)/t19-/m0/s1. The number of ether oxygens (including phenoxy) is 1. The lowest BCUT2D eigenvalue weighted by atomic mass is 10.0. The third kappa shape index (κ3) is 3.55. The first-order chi connectivity index (χ1) is 15.0. The Morgan fingerprint density at radius 2 is 2.13 bits per heavy atom. The molecule has 3 aromatic rings. The van der Waals surface area contributed by atoms with E-state index < -0.39 is 6.17 Å². The van der Waals surface area contributed by atoms with Crippen LogP contribution in [0.15, 0.2) is 40.8 Å². The molecule has 1 aromatic carbocycles. The third-order valence-corrected chi connectivity index (χ3v) is 6.89. The van der Waals surface area contributed by atoms with Crippen molar-refractivity contribution in [2.75, 3.05) is 18.5 Å². The van der Waals surface area contributed by atoms with Gasteiger partial charge in [-0.15, -0.1) is 11.3 Å². The van der Waals surface area contributed by atoms with Gasteiger partial charge in [0.25, 0.3) is 5.91 Å². The van der Waals surface area contributed by atoms with Crippen molar-refractivity contribution in [2.45, 2.75) is 26.1 Å². The molecule has 0 bridgehead atoms. The number of halogens is 1. The Morgan fingerprint density at radius 1 is 1.29 bits per heavy atom. The summed E-state index contributed by atoms with van der Waals surface area (Å²) in [6.07, 6.45) is -0.188. The van der Waals surface area contributed by atoms with Crippen LogP contribution >= 0.6 is 22.9 Å². The van der Waals surface area contributed by atoms with Crippen LogP contribution in [0.4, 0.5) is 9.80 Å². The van der Waals surface area contributed by atoms with Gasteiger partial charge in [-0.2, -0.15) is 0 Å². The highest BCUT2D eigenvalue weighted by Crippen LogP contribution is 2.41. The van der Waals surface area contributed by atoms with Crippen LogP contribution in [0.5, 0.6) is 0 Å². The quantitative estimate of drug-likeness (QED) is 0.576. The molecule has 0 aliphatic carbocycles. The SMILES string of the molecule is CCOC(=O)N1CCc2c(sc3c2C(=O)N[C@H](c2ccc(-c4ccccc4Cl)o2)N3)C1. The highest BCUT2D eigenvalue weighted by atomic mass is 35.5. The summed E-state index contributed by atoms with van der Waals surface area (Å²) in [6, 6.07) is 11.1. The van der Waals surface area contributed by atoms with Crippen LogP contribution in [0, 0.1) is 0 Å². The molecular formula is C22H20ClN3O4S. The average Bonchev–Trinajstić information content (AvgIpc) is 3.38. The number of furan rings is 1. The molecule has 0 spiro atoms. The Kier molecular flexibility index (Phi) is 5.11. The Hall–Kier alpha value is -2.97. The second kappa shape index (κ2) is 7.94. The number of hydrogen-bond acceptors (Lipinski definition) is 6. The van der Waals surface area contributed by atoms with Crippen LogP contribution in [0.1, 0.15) is 39.6 Å². The summed E-state index contributed by atoms with van der Waals surface area (Å²) in [5.41, 5.74) is 2.46. The molecule has 2 N–H and O–H groups in total. The molecule has 0 unspecified atom stereocenters. The molecule has 7 nitrogen and oxygen atoms in total. The first-order valence-corrected chi connectivity index (χ1v) is 11.2. The first kappa shape index (κ1) is 20.0. The van der Waals surface area contributed by atoms with Crippen LogP contribution < -0.4 is 10.6 Å². The monoisotopic (exact) mass is 457 g/mol. The van der Waals surface area contributed by atoms with E-state index in [2.05, 4.69) is 10.6 Å². The smallest absolute Gasteiger partial charge is 0.410 e. The van der Waals surface area contributed by atoms with E-state index in [0.29, 0.717) is 48.2 Å². The molecule has 4 heterocycles. The fraction of sp³-hybridized carbons (Fsp3) is 0.273. The van der Waals surface area contributed by atoms with E-state index in [-0.39, 0.29) is 12.0 Å². The van der Waals surface area contributed by atoms with Gasteiger partial charge in [0.2, 0.25) is 0 Å². The molecular weight excluding hydrogens is 438 g/mol. The lowest BCUT2D eigenvalue weighted by Crippen LogP contribution is -2.39. The van der Waals surface area contributed by atoms with Crippen molar-refractivity contribution in [3.8, 4) is 11.3 Å². The number of nitrogens with one attached hydrogen (secondary N) is 2. The molecule has 9 heteroatoms. The number of anilines is 1. The molecule has 1 atom stereocenters. The van der Waals surface area contributed by atoms with Gasteiger partial charge in [0.1, 0.15) is 16.5 Å². The maximum absolute atomic E-state index is 12.9. The van der Waals surface area contributed by atoms with Crippen LogP contribution in [0.25, 0.3) is 11.3 Å². The van der Waals surface area contributed by atoms with Gasteiger partial charge in [-0.1, -0.05) is 23.7 Å². The summed E-state index contributed by atoms with van der Waals surface area (Å²) in [5.74, 6) is 1.09. The van der Waals surface area contributed by atoms with E-state index >= 15 is 0 Å². The molecule has 0 saturated carbocycles. The van der Waals surface area contributed by atoms with Gasteiger partial charge in [0, 0.05) is 17.0 Å². The summed E-state index contributed by atoms with van der Waals surface area (Å²) < 4.78 is 11.1. The maximum Gasteiger partial charge on any atom is 0.410 e. The van der Waals surface area contributed by atoms with Gasteiger partial charge < -0.3 is 24.7 Å². The fourth-order valence-corrected chi connectivity index (χ4v) is 5.46. The molecule has 2 amide bonds. The largest absolute Gasteiger partial charge is 0.457 e. The minimum Gasteiger partial charge on any atom is -0.457 e. The lowest BCUT2D eigenvalue weighted by molar-refractivity contribution is 0.0929. The molecule has 2 aromatic heterocycles. The van der Waals surface area contributed by atoms with Crippen molar-refractivity contribution in [1.29, 1.82) is 0 Å². The Morgan fingerprint density at radius 3 is 2.94 bits per heavy atom. The number of carbonyl (C=O) groups excluding carboxylic acids is 2. The summed E-state index contributed by atoms with van der Waals surface area (Å²) in [5, 5.41) is 7.75. The van der Waals surface area contributed by atoms with Crippen molar-refractivity contribution in [3.05, 3.63) is 63.2 Å². The third-order valence-electron chi connectivity index (χ3n) is 5.41. The van der Waals surface area contributed by atoms with Crippen LogP contribution in [-0.2, 0) is 17.7 Å². The second-order valence-electron chi connectivity index (χ2n) is 7.31. The minimum atomic E-state index is -0.488. The predicted molar refractivity (Wildman–Crippen MR) is 118 cm³/mol. The molecule has 0 radical (unpaired) electrons. The fourth-order valence-electron chi connectivity index (χ4n) is 3.94. The normalized spacial score (nSPS) is 17.4. The minimum absolute atomic E-state index is 0.142.